The van der Waals surface area contributed by atoms with E-state index in [4.69, 9.17) is 14.2 Å². The third kappa shape index (κ3) is 4.63. The van der Waals surface area contributed by atoms with Crippen LogP contribution < -0.4 is 14.2 Å². The van der Waals surface area contributed by atoms with Gasteiger partial charge in [-0.15, -0.1) is 0 Å². The van der Waals surface area contributed by atoms with Gasteiger partial charge in [0.05, 0.1) is 0 Å². The fourth-order valence-electron chi connectivity index (χ4n) is 2.38. The fourth-order valence-corrected chi connectivity index (χ4v) is 2.38. The van der Waals surface area contributed by atoms with Gasteiger partial charge in [-0.3, -0.25) is 0 Å². The molecule has 0 aliphatic heterocycles. The minimum atomic E-state index is -0.456. The van der Waals surface area contributed by atoms with Gasteiger partial charge in [-0.1, -0.05) is 30.3 Å². The van der Waals surface area contributed by atoms with Crippen molar-refractivity contribution in [2.75, 3.05) is 6.61 Å². The van der Waals surface area contributed by atoms with Crippen molar-refractivity contribution in [3.63, 3.8) is 0 Å². The molecule has 0 bridgehead atoms. The molecule has 0 aliphatic carbocycles. The van der Waals surface area contributed by atoms with Crippen LogP contribution in [0.25, 0.3) is 0 Å². The highest BCUT2D eigenvalue weighted by molar-refractivity contribution is 5.74. The Balaban J connectivity index is 1.53. The molecule has 0 N–H and O–H groups in total. The van der Waals surface area contributed by atoms with Crippen LogP contribution in [0.15, 0.2) is 72.8 Å². The lowest BCUT2D eigenvalue weighted by molar-refractivity contribution is -0.136. The summed E-state index contributed by atoms with van der Waals surface area (Å²) in [6.45, 7) is 3.81. The molecule has 0 amide bonds. The first-order valence-electron chi connectivity index (χ1n) is 8.34. The number of ether oxygens (including phenoxy) is 3. The summed E-state index contributed by atoms with van der Waals surface area (Å²) in [4.78, 5) is 12.0. The number of rotatable bonds is 6. The fraction of sp³-hybridized carbons (Fsp3) is 0.136. The summed E-state index contributed by atoms with van der Waals surface area (Å²) in [5.74, 6) is 2.10. The predicted molar refractivity (Wildman–Crippen MR) is 100 cm³/mol. The van der Waals surface area contributed by atoms with E-state index >= 15 is 0 Å². The van der Waals surface area contributed by atoms with Gasteiger partial charge in [-0.25, -0.2) is 4.79 Å². The standard InChI is InChI=1S/C22H20O4/c1-16-7-6-10-21(17(16)2)24-15-22(23)26-20-13-11-19(12-14-20)25-18-8-4-3-5-9-18/h3-14H,15H2,1-2H3. The van der Waals surface area contributed by atoms with Crippen molar-refractivity contribution in [1.29, 1.82) is 0 Å². The van der Waals surface area contributed by atoms with Gasteiger partial charge in [0.2, 0.25) is 0 Å². The molecule has 0 saturated heterocycles. The molecule has 0 heterocycles. The van der Waals surface area contributed by atoms with Crippen LogP contribution in [0.5, 0.6) is 23.0 Å². The number of carbonyl (C=O) groups is 1. The zero-order valence-corrected chi connectivity index (χ0v) is 14.8. The molecule has 0 radical (unpaired) electrons. The second kappa shape index (κ2) is 8.21. The van der Waals surface area contributed by atoms with Crippen LogP contribution in [-0.4, -0.2) is 12.6 Å². The van der Waals surface area contributed by atoms with E-state index in [1.54, 1.807) is 24.3 Å². The molecular weight excluding hydrogens is 328 g/mol. The van der Waals surface area contributed by atoms with E-state index in [-0.39, 0.29) is 6.61 Å². The molecule has 3 aromatic rings. The molecule has 0 unspecified atom stereocenters. The van der Waals surface area contributed by atoms with Crippen LogP contribution in [0.1, 0.15) is 11.1 Å². The minimum Gasteiger partial charge on any atom is -0.482 e. The molecule has 132 valence electrons. The molecule has 3 rings (SSSR count). The first kappa shape index (κ1) is 17.5. The number of hydrogen-bond acceptors (Lipinski definition) is 4. The van der Waals surface area contributed by atoms with Gasteiger partial charge in [0.15, 0.2) is 6.61 Å². The maximum atomic E-state index is 12.0. The molecule has 3 aromatic carbocycles. The zero-order valence-electron chi connectivity index (χ0n) is 14.8. The first-order valence-corrected chi connectivity index (χ1v) is 8.34. The summed E-state index contributed by atoms with van der Waals surface area (Å²) in [6.07, 6.45) is 0. The Morgan fingerprint density at radius 3 is 2.15 bits per heavy atom. The Bertz CT molecular complexity index is 870. The Morgan fingerprint density at radius 1 is 0.769 bits per heavy atom. The van der Waals surface area contributed by atoms with E-state index in [0.29, 0.717) is 17.2 Å². The molecule has 0 aromatic heterocycles. The van der Waals surface area contributed by atoms with Crippen molar-refractivity contribution < 1.29 is 19.0 Å². The summed E-state index contributed by atoms with van der Waals surface area (Å²) in [7, 11) is 0. The predicted octanol–water partition coefficient (Wildman–Crippen LogP) is 5.08. The van der Waals surface area contributed by atoms with Crippen LogP contribution in [-0.2, 0) is 4.79 Å². The third-order valence-electron chi connectivity index (χ3n) is 3.93. The normalized spacial score (nSPS) is 10.2. The van der Waals surface area contributed by atoms with Gasteiger partial charge in [0.25, 0.3) is 0 Å². The second-order valence-corrected chi connectivity index (χ2v) is 5.85. The Hall–Kier alpha value is -3.27. The highest BCUT2D eigenvalue weighted by Crippen LogP contribution is 2.24. The van der Waals surface area contributed by atoms with Gasteiger partial charge in [0.1, 0.15) is 23.0 Å². The van der Waals surface area contributed by atoms with Crippen molar-refractivity contribution in [3.05, 3.63) is 83.9 Å². The smallest absolute Gasteiger partial charge is 0.349 e. The van der Waals surface area contributed by atoms with Crippen LogP contribution in [0, 0.1) is 13.8 Å². The summed E-state index contributed by atoms with van der Waals surface area (Å²) >= 11 is 0. The average molecular weight is 348 g/mol. The Morgan fingerprint density at radius 2 is 1.42 bits per heavy atom. The lowest BCUT2D eigenvalue weighted by Crippen LogP contribution is -2.18. The number of benzene rings is 3. The van der Waals surface area contributed by atoms with Gasteiger partial charge in [-0.05, 0) is 67.4 Å². The monoisotopic (exact) mass is 348 g/mol. The minimum absolute atomic E-state index is 0.146. The number of esters is 1. The number of carbonyl (C=O) groups excluding carboxylic acids is 1. The number of para-hydroxylation sites is 1. The van der Waals surface area contributed by atoms with Crippen molar-refractivity contribution in [1.82, 2.24) is 0 Å². The highest BCUT2D eigenvalue weighted by atomic mass is 16.6. The summed E-state index contributed by atoms with van der Waals surface area (Å²) in [5, 5.41) is 0. The average Bonchev–Trinajstić information content (AvgIpc) is 2.65. The van der Waals surface area contributed by atoms with Crippen LogP contribution in [0.4, 0.5) is 0 Å². The van der Waals surface area contributed by atoms with E-state index in [1.165, 1.54) is 0 Å². The lowest BCUT2D eigenvalue weighted by Gasteiger charge is -2.11. The first-order chi connectivity index (χ1) is 12.6. The summed E-state index contributed by atoms with van der Waals surface area (Å²) in [5.41, 5.74) is 2.13. The van der Waals surface area contributed by atoms with Gasteiger partial charge in [0, 0.05) is 0 Å². The number of hydrogen-bond donors (Lipinski definition) is 0. The molecule has 26 heavy (non-hydrogen) atoms. The molecular formula is C22H20O4. The van der Waals surface area contributed by atoms with Gasteiger partial charge in [-0.2, -0.15) is 0 Å². The summed E-state index contributed by atoms with van der Waals surface area (Å²) < 4.78 is 16.5. The van der Waals surface area contributed by atoms with Crippen molar-refractivity contribution >= 4 is 5.97 Å². The van der Waals surface area contributed by atoms with E-state index in [2.05, 4.69) is 0 Å². The second-order valence-electron chi connectivity index (χ2n) is 5.85. The maximum absolute atomic E-state index is 12.0. The van der Waals surface area contributed by atoms with Crippen LogP contribution in [0.3, 0.4) is 0 Å². The maximum Gasteiger partial charge on any atom is 0.349 e. The quantitative estimate of drug-likeness (QED) is 0.460. The van der Waals surface area contributed by atoms with Gasteiger partial charge < -0.3 is 14.2 Å². The zero-order chi connectivity index (χ0) is 18.4. The van der Waals surface area contributed by atoms with Crippen LogP contribution in [0.2, 0.25) is 0 Å². The largest absolute Gasteiger partial charge is 0.482 e. The molecule has 4 nitrogen and oxygen atoms in total. The highest BCUT2D eigenvalue weighted by Gasteiger charge is 2.09. The van der Waals surface area contributed by atoms with Crippen LogP contribution >= 0.6 is 0 Å². The molecule has 0 saturated carbocycles. The van der Waals surface area contributed by atoms with E-state index < -0.39 is 5.97 Å². The van der Waals surface area contributed by atoms with Crippen molar-refractivity contribution in [3.8, 4) is 23.0 Å². The van der Waals surface area contributed by atoms with E-state index in [0.717, 1.165) is 16.9 Å². The number of aryl methyl sites for hydroxylation is 1. The summed E-state index contributed by atoms with van der Waals surface area (Å²) in [6, 6.07) is 22.1. The third-order valence-corrected chi connectivity index (χ3v) is 3.93. The topological polar surface area (TPSA) is 44.8 Å². The van der Waals surface area contributed by atoms with Gasteiger partial charge >= 0.3 is 5.97 Å². The molecule has 0 fully saturated rings. The van der Waals surface area contributed by atoms with Crippen molar-refractivity contribution in [2.24, 2.45) is 0 Å². The molecule has 0 aliphatic rings. The van der Waals surface area contributed by atoms with E-state index in [1.807, 2.05) is 62.4 Å². The van der Waals surface area contributed by atoms with E-state index in [9.17, 15) is 4.79 Å². The molecule has 0 spiro atoms. The SMILES string of the molecule is Cc1cccc(OCC(=O)Oc2ccc(Oc3ccccc3)cc2)c1C. The van der Waals surface area contributed by atoms with Crippen molar-refractivity contribution in [2.45, 2.75) is 13.8 Å². The lowest BCUT2D eigenvalue weighted by atomic mass is 10.1. The Kier molecular flexibility index (Phi) is 5.54. The Labute approximate surface area is 153 Å². The molecule has 0 atom stereocenters. The molecule has 4 heteroatoms.